The number of esters is 1. The lowest BCUT2D eigenvalue weighted by atomic mass is 10.1. The predicted octanol–water partition coefficient (Wildman–Crippen LogP) is 3.14. The average molecular weight is 594 g/mol. The number of nitrogens with zero attached hydrogens (tertiary/aromatic N) is 4. The van der Waals surface area contributed by atoms with Crippen LogP contribution in [0.15, 0.2) is 36.9 Å². The second kappa shape index (κ2) is 12.6. The molecule has 216 valence electrons. The lowest BCUT2D eigenvalue weighted by molar-refractivity contribution is -0.159. The van der Waals surface area contributed by atoms with Crippen LogP contribution < -0.4 is 15.9 Å². The highest BCUT2D eigenvalue weighted by atomic mass is 35.5. The summed E-state index contributed by atoms with van der Waals surface area (Å²) >= 11 is 5.94. The quantitative estimate of drug-likeness (QED) is 0.220. The van der Waals surface area contributed by atoms with Crippen LogP contribution in [0.2, 0.25) is 5.02 Å². The van der Waals surface area contributed by atoms with E-state index in [4.69, 9.17) is 31.5 Å². The number of carbonyl (C=O) groups is 2. The van der Waals surface area contributed by atoms with Crippen molar-refractivity contribution in [2.24, 2.45) is 0 Å². The lowest BCUT2D eigenvalue weighted by Gasteiger charge is -2.33. The Morgan fingerprint density at radius 1 is 1.23 bits per heavy atom. The van der Waals surface area contributed by atoms with E-state index >= 15 is 0 Å². The van der Waals surface area contributed by atoms with Gasteiger partial charge in [-0.15, -0.1) is 0 Å². The molecule has 2 atom stereocenters. The van der Waals surface area contributed by atoms with Gasteiger partial charge < -0.3 is 24.5 Å². The van der Waals surface area contributed by atoms with Crippen LogP contribution in [-0.2, 0) is 30.1 Å². The second-order valence-corrected chi connectivity index (χ2v) is 12.7. The fourth-order valence-corrected chi connectivity index (χ4v) is 6.33. The lowest BCUT2D eigenvalue weighted by Crippen LogP contribution is -2.50. The molecule has 1 unspecified atom stereocenters. The zero-order valence-electron chi connectivity index (χ0n) is 22.5. The van der Waals surface area contributed by atoms with Gasteiger partial charge in [-0.25, -0.2) is 20.0 Å². The molecule has 1 saturated heterocycles. The number of halogens is 1. The molecule has 1 aliphatic rings. The topological polar surface area (TPSA) is 173 Å². The van der Waals surface area contributed by atoms with E-state index in [-0.39, 0.29) is 17.5 Å². The summed E-state index contributed by atoms with van der Waals surface area (Å²) in [5.74, 6) is -0.966. The van der Waals surface area contributed by atoms with Gasteiger partial charge in [-0.2, -0.15) is 0 Å². The summed E-state index contributed by atoms with van der Waals surface area (Å²) in [6.45, 7) is 6.15. The number of amides is 1. The van der Waals surface area contributed by atoms with Crippen LogP contribution in [0.3, 0.4) is 0 Å². The van der Waals surface area contributed by atoms with E-state index in [1.807, 2.05) is 0 Å². The van der Waals surface area contributed by atoms with Crippen molar-refractivity contribution in [3.8, 4) is 0 Å². The fraction of sp³-hybridized carbons (Fsp3) is 0.480. The van der Waals surface area contributed by atoms with Crippen molar-refractivity contribution < 1.29 is 28.4 Å². The van der Waals surface area contributed by atoms with Crippen LogP contribution >= 0.6 is 19.0 Å². The molecule has 0 radical (unpaired) electrons. The Morgan fingerprint density at radius 3 is 2.62 bits per heavy atom. The Hall–Kier alpha value is -3.09. The van der Waals surface area contributed by atoms with E-state index in [0.29, 0.717) is 48.8 Å². The number of rotatable bonds is 11. The number of ether oxygens (including phenoxy) is 3. The highest BCUT2D eigenvalue weighted by Gasteiger charge is 2.40. The van der Waals surface area contributed by atoms with Crippen LogP contribution in [-0.4, -0.2) is 68.7 Å². The molecule has 40 heavy (non-hydrogen) atoms. The molecule has 0 spiro atoms. The molecular formula is C25H33ClN7O6P. The fourth-order valence-electron chi connectivity index (χ4n) is 4.11. The number of fused-ring (bicyclic) bond motifs is 1. The largest absolute Gasteiger partial charge is 0.461 e. The van der Waals surface area contributed by atoms with E-state index in [9.17, 15) is 14.2 Å². The van der Waals surface area contributed by atoms with Gasteiger partial charge in [0.2, 0.25) is 0 Å². The highest BCUT2D eigenvalue weighted by molar-refractivity contribution is 7.60. The number of anilines is 1. The van der Waals surface area contributed by atoms with Gasteiger partial charge in [0.25, 0.3) is 13.4 Å². The Kier molecular flexibility index (Phi) is 9.42. The third kappa shape index (κ3) is 7.55. The molecular weight excluding hydrogens is 561 g/mol. The third-order valence-corrected chi connectivity index (χ3v) is 8.47. The monoisotopic (exact) mass is 593 g/mol. The standard InChI is InChI=1S/C25H33ClN7O6P/c1-16(12-33-14-30-20-21(27)28-13-29-22(20)33)38-15-40(36,31-23(34)17-4-6-18(26)7-5-17)32-25(2,3)24(35)39-19-8-10-37-11-9-19/h4-7,13-14,16,19H,8-12,15H2,1-3H3,(H2,27,28,29)(H2,31,32,34,36)/t16-,40?/m1/s1. The number of nitrogens with one attached hydrogen (secondary N) is 2. The van der Waals surface area contributed by atoms with E-state index in [1.54, 1.807) is 43.8 Å². The summed E-state index contributed by atoms with van der Waals surface area (Å²) < 4.78 is 32.8. The van der Waals surface area contributed by atoms with E-state index in [1.165, 1.54) is 18.5 Å². The SMILES string of the molecule is C[C@H](Cn1cnc2c(N)ncnc21)OCP(=O)(NC(=O)c1ccc(Cl)cc1)NC(C)(C)C(=O)OC1CCOCC1. The van der Waals surface area contributed by atoms with Crippen molar-refractivity contribution in [1.82, 2.24) is 29.7 Å². The van der Waals surface area contributed by atoms with Gasteiger partial charge in [0.15, 0.2) is 11.5 Å². The first-order valence-corrected chi connectivity index (χ1v) is 15.0. The van der Waals surface area contributed by atoms with Gasteiger partial charge in [0.05, 0.1) is 32.2 Å². The number of aromatic nitrogens is 4. The molecule has 1 aliphatic heterocycles. The molecule has 4 rings (SSSR count). The van der Waals surface area contributed by atoms with Crippen molar-refractivity contribution >= 4 is 47.9 Å². The molecule has 3 aromatic rings. The number of imidazole rings is 1. The number of hydrogen-bond acceptors (Lipinski definition) is 10. The summed E-state index contributed by atoms with van der Waals surface area (Å²) in [7, 11) is -3.88. The van der Waals surface area contributed by atoms with Crippen LogP contribution in [0.5, 0.6) is 0 Å². The molecule has 0 aliphatic carbocycles. The van der Waals surface area contributed by atoms with Gasteiger partial charge in [-0.3, -0.25) is 19.2 Å². The molecule has 3 heterocycles. The number of carbonyl (C=O) groups excluding carboxylic acids is 2. The van der Waals surface area contributed by atoms with Gasteiger partial charge >= 0.3 is 5.97 Å². The van der Waals surface area contributed by atoms with E-state index in [0.717, 1.165) is 0 Å². The van der Waals surface area contributed by atoms with Crippen molar-refractivity contribution in [2.45, 2.75) is 57.9 Å². The van der Waals surface area contributed by atoms with Crippen molar-refractivity contribution in [1.29, 1.82) is 0 Å². The van der Waals surface area contributed by atoms with Crippen LogP contribution in [0, 0.1) is 0 Å². The molecule has 15 heteroatoms. The van der Waals surface area contributed by atoms with Crippen molar-refractivity contribution in [3.05, 3.63) is 47.5 Å². The normalized spacial score (nSPS) is 16.8. The van der Waals surface area contributed by atoms with E-state index in [2.05, 4.69) is 25.1 Å². The second-order valence-electron chi connectivity index (χ2n) is 10.1. The maximum Gasteiger partial charge on any atom is 0.326 e. The van der Waals surface area contributed by atoms with Crippen LogP contribution in [0.25, 0.3) is 11.2 Å². The summed E-state index contributed by atoms with van der Waals surface area (Å²) in [5, 5.41) is 5.83. The zero-order valence-corrected chi connectivity index (χ0v) is 24.2. The number of hydrogen-bond donors (Lipinski definition) is 3. The molecule has 2 aromatic heterocycles. The minimum absolute atomic E-state index is 0.240. The maximum atomic E-state index is 14.2. The first kappa shape index (κ1) is 29.9. The van der Waals surface area contributed by atoms with Crippen LogP contribution in [0.4, 0.5) is 5.82 Å². The summed E-state index contributed by atoms with van der Waals surface area (Å²) in [6, 6.07) is 6.12. The van der Waals surface area contributed by atoms with Gasteiger partial charge in [0, 0.05) is 23.4 Å². The molecule has 0 bridgehead atoms. The number of benzene rings is 1. The minimum Gasteiger partial charge on any atom is -0.461 e. The van der Waals surface area contributed by atoms with Gasteiger partial charge in [0.1, 0.15) is 29.8 Å². The Bertz CT molecular complexity index is 1390. The van der Waals surface area contributed by atoms with Crippen molar-refractivity contribution in [2.75, 3.05) is 25.3 Å². The van der Waals surface area contributed by atoms with Crippen molar-refractivity contribution in [3.63, 3.8) is 0 Å². The Morgan fingerprint density at radius 2 is 1.93 bits per heavy atom. The summed E-state index contributed by atoms with van der Waals surface area (Å²) in [5.41, 5.74) is 5.68. The molecule has 1 fully saturated rings. The highest BCUT2D eigenvalue weighted by Crippen LogP contribution is 2.40. The summed E-state index contributed by atoms with van der Waals surface area (Å²) in [4.78, 5) is 38.5. The zero-order chi connectivity index (χ0) is 28.9. The first-order valence-electron chi connectivity index (χ1n) is 12.7. The maximum absolute atomic E-state index is 14.2. The molecule has 1 amide bonds. The van der Waals surface area contributed by atoms with E-state index < -0.39 is 37.3 Å². The Labute approximate surface area is 236 Å². The predicted molar refractivity (Wildman–Crippen MR) is 149 cm³/mol. The van der Waals surface area contributed by atoms with Gasteiger partial charge in [-0.1, -0.05) is 11.6 Å². The molecule has 4 N–H and O–H groups in total. The average Bonchev–Trinajstić information content (AvgIpc) is 3.32. The number of nitrogen functional groups attached to an aromatic ring is 1. The molecule has 1 aromatic carbocycles. The Balaban J connectivity index is 1.48. The van der Waals surface area contributed by atoms with Crippen LogP contribution in [0.1, 0.15) is 44.0 Å². The first-order chi connectivity index (χ1) is 19.0. The third-order valence-electron chi connectivity index (χ3n) is 6.23. The smallest absolute Gasteiger partial charge is 0.326 e. The van der Waals surface area contributed by atoms with Gasteiger partial charge in [-0.05, 0) is 45.0 Å². The minimum atomic E-state index is -3.88. The molecule has 0 saturated carbocycles. The number of nitrogens with two attached hydrogens (primary N) is 1. The summed E-state index contributed by atoms with van der Waals surface area (Å²) in [6.07, 6.45) is 2.85. The molecule has 13 nitrogen and oxygen atoms in total.